The summed E-state index contributed by atoms with van der Waals surface area (Å²) in [5, 5.41) is 3.46. The fourth-order valence-electron chi connectivity index (χ4n) is 2.14. The van der Waals surface area contributed by atoms with E-state index in [4.69, 9.17) is 0 Å². The molecule has 1 aliphatic rings. The molecule has 0 heterocycles. The molecule has 1 nitrogen and oxygen atoms in total. The van der Waals surface area contributed by atoms with Gasteiger partial charge < -0.3 is 5.32 Å². The van der Waals surface area contributed by atoms with E-state index >= 15 is 0 Å². The fraction of sp³-hybridized carbons (Fsp3) is 0.538. The van der Waals surface area contributed by atoms with Gasteiger partial charge in [0.1, 0.15) is 5.82 Å². The molecule has 0 saturated heterocycles. The lowest BCUT2D eigenvalue weighted by Gasteiger charge is -2.25. The predicted molar refractivity (Wildman–Crippen MR) is 60.2 cm³/mol. The highest BCUT2D eigenvalue weighted by Crippen LogP contribution is 2.54. The zero-order valence-corrected chi connectivity index (χ0v) is 9.39. The quantitative estimate of drug-likeness (QED) is 0.799. The first-order chi connectivity index (χ1) is 7.15. The third kappa shape index (κ3) is 2.20. The zero-order valence-electron chi connectivity index (χ0n) is 9.39. The van der Waals surface area contributed by atoms with E-state index in [0.29, 0.717) is 11.5 Å². The highest BCUT2D eigenvalue weighted by atomic mass is 19.1. The van der Waals surface area contributed by atoms with Gasteiger partial charge in [-0.1, -0.05) is 26.0 Å². The number of hydrogen-bond donors (Lipinski definition) is 1. The first-order valence-corrected chi connectivity index (χ1v) is 5.64. The highest BCUT2D eigenvalue weighted by molar-refractivity contribution is 5.24. The molecule has 0 amide bonds. The Morgan fingerprint density at radius 2 is 2.20 bits per heavy atom. The van der Waals surface area contributed by atoms with Crippen molar-refractivity contribution in [2.24, 2.45) is 5.41 Å². The van der Waals surface area contributed by atoms with Gasteiger partial charge >= 0.3 is 0 Å². The molecule has 1 unspecified atom stereocenters. The summed E-state index contributed by atoms with van der Waals surface area (Å²) in [5.74, 6) is -0.139. The van der Waals surface area contributed by atoms with Gasteiger partial charge in [0, 0.05) is 6.04 Å². The van der Waals surface area contributed by atoms with Crippen molar-refractivity contribution in [1.82, 2.24) is 5.32 Å². The molecular formula is C13H18FN. The van der Waals surface area contributed by atoms with E-state index in [9.17, 15) is 4.39 Å². The maximum atomic E-state index is 13.1. The van der Waals surface area contributed by atoms with Crippen LogP contribution in [0.1, 0.15) is 38.3 Å². The predicted octanol–water partition coefficient (Wildman–Crippen LogP) is 3.28. The lowest BCUT2D eigenvalue weighted by Crippen LogP contribution is -2.27. The summed E-state index contributed by atoms with van der Waals surface area (Å²) in [6.45, 7) is 5.29. The van der Waals surface area contributed by atoms with Crippen LogP contribution in [0.5, 0.6) is 0 Å². The number of hydrogen-bond acceptors (Lipinski definition) is 1. The standard InChI is InChI=1S/C13H18FN/c1-3-15-12(13(2)7-8-13)10-5-4-6-11(14)9-10/h4-6,9,12,15H,3,7-8H2,1-2H3. The molecule has 0 bridgehead atoms. The average Bonchev–Trinajstić information content (AvgIpc) is 2.94. The summed E-state index contributed by atoms with van der Waals surface area (Å²) in [6.07, 6.45) is 2.47. The Morgan fingerprint density at radius 1 is 1.47 bits per heavy atom. The van der Waals surface area contributed by atoms with Crippen LogP contribution in [0.25, 0.3) is 0 Å². The SMILES string of the molecule is CCNC(c1cccc(F)c1)C1(C)CC1. The molecular weight excluding hydrogens is 189 g/mol. The molecule has 1 N–H and O–H groups in total. The third-order valence-corrected chi connectivity index (χ3v) is 3.33. The average molecular weight is 207 g/mol. The van der Waals surface area contributed by atoms with E-state index in [2.05, 4.69) is 19.2 Å². The van der Waals surface area contributed by atoms with Gasteiger partial charge in [-0.2, -0.15) is 0 Å². The van der Waals surface area contributed by atoms with Crippen molar-refractivity contribution in [3.8, 4) is 0 Å². The molecule has 15 heavy (non-hydrogen) atoms. The third-order valence-electron chi connectivity index (χ3n) is 3.33. The van der Waals surface area contributed by atoms with Gasteiger partial charge in [-0.25, -0.2) is 4.39 Å². The molecule has 0 aliphatic heterocycles. The lowest BCUT2D eigenvalue weighted by molar-refractivity contribution is 0.372. The molecule has 2 heteroatoms. The first-order valence-electron chi connectivity index (χ1n) is 5.64. The number of halogens is 1. The van der Waals surface area contributed by atoms with Crippen LogP contribution >= 0.6 is 0 Å². The summed E-state index contributed by atoms with van der Waals surface area (Å²) in [4.78, 5) is 0. The minimum absolute atomic E-state index is 0.139. The molecule has 1 saturated carbocycles. The number of benzene rings is 1. The molecule has 1 aromatic rings. The van der Waals surface area contributed by atoms with Gasteiger partial charge in [0.2, 0.25) is 0 Å². The fourth-order valence-corrected chi connectivity index (χ4v) is 2.14. The van der Waals surface area contributed by atoms with Crippen molar-refractivity contribution >= 4 is 0 Å². The van der Waals surface area contributed by atoms with Gasteiger partial charge in [0.05, 0.1) is 0 Å². The van der Waals surface area contributed by atoms with Gasteiger partial charge in [0.15, 0.2) is 0 Å². The van der Waals surface area contributed by atoms with Crippen LogP contribution in [-0.2, 0) is 0 Å². The smallest absolute Gasteiger partial charge is 0.123 e. The summed E-state index contributed by atoms with van der Waals surface area (Å²) < 4.78 is 13.1. The van der Waals surface area contributed by atoms with Crippen LogP contribution in [0.15, 0.2) is 24.3 Å². The van der Waals surface area contributed by atoms with Crippen molar-refractivity contribution in [2.45, 2.75) is 32.7 Å². The van der Waals surface area contributed by atoms with Crippen molar-refractivity contribution in [3.63, 3.8) is 0 Å². The van der Waals surface area contributed by atoms with E-state index in [1.54, 1.807) is 12.1 Å². The first kappa shape index (κ1) is 10.6. The van der Waals surface area contributed by atoms with Crippen molar-refractivity contribution in [3.05, 3.63) is 35.6 Å². The summed E-state index contributed by atoms with van der Waals surface area (Å²) in [5.41, 5.74) is 1.42. The van der Waals surface area contributed by atoms with Gasteiger partial charge in [-0.3, -0.25) is 0 Å². The minimum atomic E-state index is -0.139. The molecule has 1 aromatic carbocycles. The Labute approximate surface area is 90.7 Å². The molecule has 0 spiro atoms. The molecule has 0 aromatic heterocycles. The second-order valence-electron chi connectivity index (χ2n) is 4.70. The van der Waals surface area contributed by atoms with E-state index < -0.39 is 0 Å². The summed E-state index contributed by atoms with van der Waals surface area (Å²) in [7, 11) is 0. The largest absolute Gasteiger partial charge is 0.310 e. The minimum Gasteiger partial charge on any atom is -0.310 e. The molecule has 82 valence electrons. The Kier molecular flexibility index (Phi) is 2.79. The van der Waals surface area contributed by atoms with Crippen molar-refractivity contribution in [1.29, 1.82) is 0 Å². The van der Waals surface area contributed by atoms with E-state index in [-0.39, 0.29) is 5.82 Å². The zero-order chi connectivity index (χ0) is 10.9. The van der Waals surface area contributed by atoms with Gasteiger partial charge in [0.25, 0.3) is 0 Å². The monoisotopic (exact) mass is 207 g/mol. The highest BCUT2D eigenvalue weighted by Gasteiger charge is 2.45. The Bertz CT molecular complexity index is 344. The van der Waals surface area contributed by atoms with Crippen LogP contribution in [0.3, 0.4) is 0 Å². The number of rotatable bonds is 4. The second-order valence-corrected chi connectivity index (χ2v) is 4.70. The normalized spacial score (nSPS) is 19.9. The second kappa shape index (κ2) is 3.93. The van der Waals surface area contributed by atoms with Gasteiger partial charge in [-0.05, 0) is 42.5 Å². The Balaban J connectivity index is 2.24. The maximum absolute atomic E-state index is 13.1. The van der Waals surface area contributed by atoms with E-state index in [1.165, 1.54) is 18.9 Å². The van der Waals surface area contributed by atoms with Crippen LogP contribution in [0.2, 0.25) is 0 Å². The molecule has 0 radical (unpaired) electrons. The number of nitrogens with one attached hydrogen (secondary N) is 1. The van der Waals surface area contributed by atoms with Crippen LogP contribution in [-0.4, -0.2) is 6.54 Å². The lowest BCUT2D eigenvalue weighted by atomic mass is 9.92. The molecule has 2 rings (SSSR count). The summed E-state index contributed by atoms with van der Waals surface area (Å²) in [6, 6.07) is 7.26. The molecule has 1 atom stereocenters. The Hall–Kier alpha value is -0.890. The van der Waals surface area contributed by atoms with E-state index in [1.807, 2.05) is 6.07 Å². The maximum Gasteiger partial charge on any atom is 0.123 e. The van der Waals surface area contributed by atoms with E-state index in [0.717, 1.165) is 12.1 Å². The van der Waals surface area contributed by atoms with Crippen molar-refractivity contribution < 1.29 is 4.39 Å². The van der Waals surface area contributed by atoms with Crippen LogP contribution in [0, 0.1) is 11.2 Å². The van der Waals surface area contributed by atoms with Crippen LogP contribution < -0.4 is 5.32 Å². The van der Waals surface area contributed by atoms with Crippen molar-refractivity contribution in [2.75, 3.05) is 6.54 Å². The Morgan fingerprint density at radius 3 is 2.73 bits per heavy atom. The van der Waals surface area contributed by atoms with Gasteiger partial charge in [-0.15, -0.1) is 0 Å². The summed E-state index contributed by atoms with van der Waals surface area (Å²) >= 11 is 0. The molecule has 1 aliphatic carbocycles. The topological polar surface area (TPSA) is 12.0 Å². The van der Waals surface area contributed by atoms with Crippen LogP contribution in [0.4, 0.5) is 4.39 Å². The molecule has 1 fully saturated rings.